The molecule has 12 aromatic rings. The number of fused-ring (bicyclic) bond motifs is 6. The number of likely N-dealkylation sites (tertiary alicyclic amines) is 3. The van der Waals surface area contributed by atoms with Gasteiger partial charge in [0.25, 0.3) is 0 Å². The predicted molar refractivity (Wildman–Crippen MR) is 479 cm³/mol. The average Bonchev–Trinajstić information content (AvgIpc) is 0.847. The van der Waals surface area contributed by atoms with E-state index in [0.29, 0.717) is 205 Å². The molecule has 0 aliphatic carbocycles. The first-order valence-electron chi connectivity index (χ1n) is 41.0. The molecule has 6 fully saturated rings. The number of rotatable bonds is 22. The third-order valence-corrected chi connectivity index (χ3v) is 24.9. The van der Waals surface area contributed by atoms with Crippen molar-refractivity contribution in [1.29, 1.82) is 0 Å². The second-order valence-corrected chi connectivity index (χ2v) is 33.4. The molecule has 6 saturated heterocycles. The van der Waals surface area contributed by atoms with Crippen LogP contribution in [0.5, 0.6) is 52.9 Å². The standard InChI is InChI=1S/C29H32Cl2N8O3.C29H28ClFN8O4.C28H30Cl2N8O3/c1-5-24(40)38-6-8-39(9-7-38)27-19-11-23(31)33-28(42-26-17(3)21(30)12-22-20(26)13-32-36-22)25(19)34-29(35-27)41-15-18-10-16(2)14-37(18)4;1-4-8-37-15-21(41-3)22(16-37)42-29-34-25-17(27(35-29)39-11-9-38(10-12-39)23(40)5-2)6-7-32-28(25)43-26-18-14-33-36-20(18)13-19(31)24(26)30;1-4-22(39)37-8-10-38(11-9-37)26-18-13-21(29)32-27(41-25-19-14-31-35-20(19)12-16(2)23(25)30)24(18)33-28(34-26)40-15-17-6-5-7-36(17)3/h5,11-13,16,18H,1,6-10,14-15H2,2-4H3,(H,32,36);1,5-7,13-14,21-22H,2,8-12,15-16H2,3H3,(H,33,36);4,12-14,17H,1,5-11,15H2,2-3H3,(H,31,35)/t16-,18-;21-,22-;17-/m010/s1. The Morgan fingerprint density at radius 2 is 1.02 bits per heavy atom. The van der Waals surface area contributed by atoms with Crippen LogP contribution in [0.1, 0.15) is 37.3 Å². The number of methoxy groups -OCH3 is 1. The molecule has 18 rings (SSSR count). The van der Waals surface area contributed by atoms with Crippen molar-refractivity contribution in [2.45, 2.75) is 64.3 Å². The highest BCUT2D eigenvalue weighted by Gasteiger charge is 2.38. The second-order valence-electron chi connectivity index (χ2n) is 31.5. The molecule has 0 spiro atoms. The van der Waals surface area contributed by atoms with Crippen LogP contribution in [0.4, 0.5) is 21.8 Å². The molecule has 0 radical (unpaired) electrons. The number of nitrogens with one attached hydrogen (secondary N) is 3. The molecule has 656 valence electrons. The summed E-state index contributed by atoms with van der Waals surface area (Å²) < 4.78 is 58.1. The lowest BCUT2D eigenvalue weighted by Gasteiger charge is -2.35. The van der Waals surface area contributed by atoms with Crippen LogP contribution in [0.3, 0.4) is 0 Å². The number of halogens is 6. The first-order chi connectivity index (χ1) is 60.9. The van der Waals surface area contributed by atoms with E-state index < -0.39 is 11.9 Å². The molecule has 34 nitrogen and oxygen atoms in total. The topological polar surface area (TPSA) is 347 Å². The largest absolute Gasteiger partial charge is 0.462 e. The number of hydrogen-bond donors (Lipinski definition) is 3. The van der Waals surface area contributed by atoms with Crippen LogP contribution >= 0.6 is 58.0 Å². The third kappa shape index (κ3) is 18.6. The lowest BCUT2D eigenvalue weighted by molar-refractivity contribution is -0.127. The number of aryl methyl sites for hydroxylation is 1. The van der Waals surface area contributed by atoms with Gasteiger partial charge < -0.3 is 67.5 Å². The molecule has 6 aliphatic rings. The SMILES string of the molecule is C#CCN1C[C@@H](OC)[C@H](Oc2nc(N3CCN(C(=O)C=C)CC3)c3ccnc(Oc4c(Cl)c(F)cc5[nH]ncc45)c3n2)C1.C=CC(=O)N1CCN(c2nc(OC[C@@H]3CCCN3C)nc3c(Oc4c(Cl)c(C)cc5[nH]ncc45)nc(Cl)cc23)CC1.C=CC(=O)N1CCN(c2nc(OC[C@@H]3C[C@H](C)CN3C)nc3c(Oc4c(C)c(Cl)cc5[nH]ncc45)nc(Cl)cc23)CC1. The molecule has 3 aromatic carbocycles. The van der Waals surface area contributed by atoms with Crippen LogP contribution < -0.4 is 43.1 Å². The smallest absolute Gasteiger partial charge is 0.319 e. The Bertz CT molecular complexity index is 6220. The molecular weight excluding hydrogens is 1730 g/mol. The fourth-order valence-corrected chi connectivity index (χ4v) is 17.5. The van der Waals surface area contributed by atoms with Gasteiger partial charge in [-0.3, -0.25) is 39.5 Å². The zero-order valence-electron chi connectivity index (χ0n) is 69.9. The molecule has 6 aliphatic heterocycles. The molecule has 0 bridgehead atoms. The number of likely N-dealkylation sites (N-methyl/N-ethyl adjacent to an activating group) is 2. The molecule has 0 saturated carbocycles. The van der Waals surface area contributed by atoms with Crippen molar-refractivity contribution in [3.8, 4) is 65.3 Å². The highest BCUT2D eigenvalue weighted by molar-refractivity contribution is 6.35. The summed E-state index contributed by atoms with van der Waals surface area (Å²) in [6.45, 7) is 27.7. The lowest BCUT2D eigenvalue weighted by atomic mass is 10.1. The maximum Gasteiger partial charge on any atom is 0.319 e. The molecule has 0 unspecified atom stereocenters. The lowest BCUT2D eigenvalue weighted by Crippen LogP contribution is -2.48. The minimum atomic E-state index is -0.678. The van der Waals surface area contributed by atoms with Gasteiger partial charge in [-0.25, -0.2) is 9.37 Å². The summed E-state index contributed by atoms with van der Waals surface area (Å²) in [5.74, 6) is 5.51. The van der Waals surface area contributed by atoms with Crippen molar-refractivity contribution in [3.63, 3.8) is 0 Å². The summed E-state index contributed by atoms with van der Waals surface area (Å²) in [7, 11) is 5.82. The van der Waals surface area contributed by atoms with E-state index in [4.69, 9.17) is 127 Å². The van der Waals surface area contributed by atoms with Gasteiger partial charge in [0.05, 0.1) is 79.0 Å². The van der Waals surface area contributed by atoms with Crippen molar-refractivity contribution in [3.05, 3.63) is 141 Å². The molecular formula is C86H90Cl5FN24O10. The van der Waals surface area contributed by atoms with Crippen LogP contribution in [0.25, 0.3) is 65.4 Å². The van der Waals surface area contributed by atoms with Gasteiger partial charge in [0, 0.05) is 140 Å². The number of benzene rings is 3. The van der Waals surface area contributed by atoms with Gasteiger partial charge in [0.2, 0.25) is 35.4 Å². The van der Waals surface area contributed by atoms with Crippen LogP contribution in [0.2, 0.25) is 25.4 Å². The minimum Gasteiger partial charge on any atom is -0.462 e. The number of carbonyl (C=O) groups excluding carboxylic acids is 3. The van der Waals surface area contributed by atoms with Gasteiger partial charge >= 0.3 is 18.0 Å². The maximum absolute atomic E-state index is 14.7. The number of nitrogens with zero attached hydrogens (tertiary/aromatic N) is 21. The Labute approximate surface area is 748 Å². The number of ether oxygens (including phenoxy) is 7. The predicted octanol–water partition coefficient (Wildman–Crippen LogP) is 12.5. The summed E-state index contributed by atoms with van der Waals surface area (Å²) in [4.78, 5) is 96.9. The minimum absolute atomic E-state index is 0.0461. The number of hydrogen-bond acceptors (Lipinski definition) is 28. The molecule has 126 heavy (non-hydrogen) atoms. The Morgan fingerprint density at radius 3 is 1.52 bits per heavy atom. The quantitative estimate of drug-likeness (QED) is 0.0322. The highest BCUT2D eigenvalue weighted by Crippen LogP contribution is 2.46. The monoisotopic (exact) mass is 1810 g/mol. The Morgan fingerprint density at radius 1 is 0.548 bits per heavy atom. The summed E-state index contributed by atoms with van der Waals surface area (Å²) >= 11 is 32.7. The van der Waals surface area contributed by atoms with Gasteiger partial charge in [-0.2, -0.15) is 55.2 Å². The number of carbonyl (C=O) groups is 3. The number of pyridine rings is 3. The van der Waals surface area contributed by atoms with Crippen LogP contribution in [-0.4, -0.2) is 293 Å². The van der Waals surface area contributed by atoms with Crippen LogP contribution in [0, 0.1) is 37.9 Å². The fraction of sp³-hybridized carbons (Fsp3) is 0.384. The van der Waals surface area contributed by atoms with E-state index >= 15 is 0 Å². The number of aromatic amines is 3. The molecule has 40 heteroatoms. The summed E-state index contributed by atoms with van der Waals surface area (Å²) in [6.07, 6.45) is 18.5. The molecule has 5 atom stereocenters. The van der Waals surface area contributed by atoms with E-state index in [1.54, 1.807) is 64.7 Å². The number of amides is 3. The highest BCUT2D eigenvalue weighted by atomic mass is 35.5. The van der Waals surface area contributed by atoms with E-state index in [2.05, 4.69) is 117 Å². The molecule has 3 amide bonds. The van der Waals surface area contributed by atoms with Gasteiger partial charge in [-0.05, 0) is 114 Å². The van der Waals surface area contributed by atoms with Gasteiger partial charge in [-0.1, -0.05) is 90.6 Å². The van der Waals surface area contributed by atoms with Crippen molar-refractivity contribution in [1.82, 2.24) is 105 Å². The summed E-state index contributed by atoms with van der Waals surface area (Å²) in [5.41, 5.74) is 4.68. The zero-order chi connectivity index (χ0) is 88.3. The first kappa shape index (κ1) is 87.6. The van der Waals surface area contributed by atoms with Crippen molar-refractivity contribution in [2.75, 3.05) is 160 Å². The normalized spacial score (nSPS) is 18.9. The first-order valence-corrected chi connectivity index (χ1v) is 42.8. The van der Waals surface area contributed by atoms with E-state index in [0.717, 1.165) is 59.9 Å². The van der Waals surface area contributed by atoms with E-state index in [-0.39, 0.29) is 92.7 Å². The Kier molecular flexibility index (Phi) is 26.5. The van der Waals surface area contributed by atoms with Crippen molar-refractivity contribution >= 4 is 159 Å². The third-order valence-electron chi connectivity index (χ3n) is 23.3. The molecule has 3 N–H and O–H groups in total. The van der Waals surface area contributed by atoms with Crippen molar-refractivity contribution in [2.24, 2.45) is 5.92 Å². The Balaban J connectivity index is 0.000000139. The van der Waals surface area contributed by atoms with E-state index in [9.17, 15) is 18.8 Å². The van der Waals surface area contributed by atoms with Gasteiger partial charge in [0.15, 0.2) is 11.5 Å². The number of anilines is 3. The number of H-pyrrole nitrogens is 3. The zero-order valence-corrected chi connectivity index (χ0v) is 73.7. The number of piperazine rings is 3. The fourth-order valence-electron chi connectivity index (χ4n) is 16.5. The average molecular weight is 1820 g/mol. The second kappa shape index (κ2) is 38.1. The Hall–Kier alpha value is -11.9. The number of terminal acetylenes is 1. The van der Waals surface area contributed by atoms with E-state index in [1.165, 1.54) is 30.5 Å². The van der Waals surface area contributed by atoms with E-state index in [1.807, 2.05) is 24.8 Å². The number of aromatic nitrogens is 15. The van der Waals surface area contributed by atoms with Gasteiger partial charge in [0.1, 0.15) is 86.3 Å². The molecule has 15 heterocycles. The van der Waals surface area contributed by atoms with Crippen LogP contribution in [0.15, 0.2) is 99.2 Å². The maximum atomic E-state index is 14.7. The summed E-state index contributed by atoms with van der Waals surface area (Å²) in [6, 6.07) is 11.2. The van der Waals surface area contributed by atoms with Crippen molar-refractivity contribution < 1.29 is 51.9 Å². The summed E-state index contributed by atoms with van der Waals surface area (Å²) in [5, 5.41) is 26.0. The van der Waals surface area contributed by atoms with Gasteiger partial charge in [-0.15, -0.1) is 6.42 Å². The van der Waals surface area contributed by atoms with Crippen LogP contribution in [-0.2, 0) is 19.1 Å². The molecule has 9 aromatic heterocycles.